The number of phenolic OH excluding ortho intramolecular Hbond substituents is 1. The van der Waals surface area contributed by atoms with Gasteiger partial charge in [0, 0.05) is 34.5 Å². The Kier molecular flexibility index (Phi) is 6.10. The van der Waals surface area contributed by atoms with Gasteiger partial charge in [0.15, 0.2) is 0 Å². The van der Waals surface area contributed by atoms with Crippen LogP contribution in [0.4, 0.5) is 5.69 Å². The molecule has 1 aromatic carbocycles. The summed E-state index contributed by atoms with van der Waals surface area (Å²) in [5.74, 6) is -0.796. The number of rotatable bonds is 6. The number of carbonyl (C=O) groups excluding carboxylic acids is 2. The average molecular weight is 310 g/mol. The number of hydrogen-bond acceptors (Lipinski definition) is 4. The van der Waals surface area contributed by atoms with E-state index in [1.165, 1.54) is 18.2 Å². The zero-order valence-corrected chi connectivity index (χ0v) is 12.7. The summed E-state index contributed by atoms with van der Waals surface area (Å²) in [5, 5.41) is 14.9. The molecular weight excluding hydrogens is 292 g/mol. The summed E-state index contributed by atoms with van der Waals surface area (Å²) in [4.78, 5) is 23.3. The van der Waals surface area contributed by atoms with Crippen molar-refractivity contribution in [1.29, 1.82) is 0 Å². The lowest BCUT2D eigenvalue weighted by Crippen LogP contribution is -2.36. The molecule has 2 amide bonds. The molecule has 1 aromatic rings. The normalized spacial score (nSPS) is 13.0. The van der Waals surface area contributed by atoms with Crippen LogP contribution in [0.5, 0.6) is 5.75 Å². The number of amides is 2. The minimum absolute atomic E-state index is 0.0330. The zero-order valence-electron chi connectivity index (χ0n) is 11.9. The summed E-state index contributed by atoms with van der Waals surface area (Å²) in [6.07, 6.45) is 2.65. The summed E-state index contributed by atoms with van der Waals surface area (Å²) in [6, 6.07) is 3.85. The molecule has 0 fully saturated rings. The first-order valence-electron chi connectivity index (χ1n) is 6.20. The highest BCUT2D eigenvalue weighted by atomic mass is 32.2. The first-order chi connectivity index (χ1) is 9.83. The highest BCUT2D eigenvalue weighted by Gasteiger charge is 2.15. The molecule has 1 rings (SSSR count). The summed E-state index contributed by atoms with van der Waals surface area (Å²) < 4.78 is 11.1. The molecule has 0 aromatic heterocycles. The third-order valence-electron chi connectivity index (χ3n) is 2.56. The van der Waals surface area contributed by atoms with Gasteiger partial charge in [0.2, 0.25) is 5.91 Å². The standard InChI is InChI=1S/C14H18N2O4S/c1-4-13(18)16-10-5-6-12(17)11(7-10)14(19)15-9(2)8-21(3)20/h4-7,9,17H,1,8H2,2-3H3,(H,15,19)(H,16,18). The summed E-state index contributed by atoms with van der Waals surface area (Å²) >= 11 is 0. The maximum Gasteiger partial charge on any atom is 0.255 e. The number of aromatic hydroxyl groups is 1. The second-order valence-corrected chi connectivity index (χ2v) is 6.02. The molecule has 3 N–H and O–H groups in total. The van der Waals surface area contributed by atoms with E-state index in [2.05, 4.69) is 17.2 Å². The van der Waals surface area contributed by atoms with Crippen LogP contribution in [0.2, 0.25) is 0 Å². The van der Waals surface area contributed by atoms with Gasteiger partial charge in [-0.3, -0.25) is 13.8 Å². The molecule has 0 heterocycles. The van der Waals surface area contributed by atoms with Crippen molar-refractivity contribution in [3.63, 3.8) is 0 Å². The number of hydrogen-bond donors (Lipinski definition) is 3. The number of phenols is 1. The van der Waals surface area contributed by atoms with Gasteiger partial charge >= 0.3 is 0 Å². The minimum Gasteiger partial charge on any atom is -0.507 e. The molecule has 0 aliphatic heterocycles. The molecule has 0 aliphatic rings. The number of carbonyl (C=O) groups is 2. The topological polar surface area (TPSA) is 95.5 Å². The first-order valence-corrected chi connectivity index (χ1v) is 7.93. The van der Waals surface area contributed by atoms with E-state index in [-0.39, 0.29) is 17.4 Å². The minimum atomic E-state index is -1.03. The largest absolute Gasteiger partial charge is 0.507 e. The van der Waals surface area contributed by atoms with Crippen LogP contribution in [0.3, 0.4) is 0 Å². The third-order valence-corrected chi connectivity index (χ3v) is 3.53. The van der Waals surface area contributed by atoms with Crippen molar-refractivity contribution in [2.24, 2.45) is 0 Å². The molecule has 21 heavy (non-hydrogen) atoms. The van der Waals surface area contributed by atoms with Crippen LogP contribution < -0.4 is 10.6 Å². The molecular formula is C14H18N2O4S. The highest BCUT2D eigenvalue weighted by Crippen LogP contribution is 2.21. The van der Waals surface area contributed by atoms with Crippen molar-refractivity contribution in [1.82, 2.24) is 5.32 Å². The molecule has 0 spiro atoms. The van der Waals surface area contributed by atoms with Crippen LogP contribution in [0.25, 0.3) is 0 Å². The van der Waals surface area contributed by atoms with Crippen LogP contribution >= 0.6 is 0 Å². The molecule has 2 unspecified atom stereocenters. The number of anilines is 1. The molecule has 7 heteroatoms. The Balaban J connectivity index is 2.87. The fraction of sp³-hybridized carbons (Fsp3) is 0.286. The van der Waals surface area contributed by atoms with Crippen molar-refractivity contribution >= 4 is 28.3 Å². The monoisotopic (exact) mass is 310 g/mol. The molecule has 0 aliphatic carbocycles. The zero-order chi connectivity index (χ0) is 16.0. The molecule has 0 radical (unpaired) electrons. The van der Waals surface area contributed by atoms with Gasteiger partial charge in [-0.05, 0) is 31.2 Å². The van der Waals surface area contributed by atoms with Crippen molar-refractivity contribution in [3.05, 3.63) is 36.4 Å². The Bertz CT molecular complexity index is 586. The fourth-order valence-corrected chi connectivity index (χ4v) is 2.47. The van der Waals surface area contributed by atoms with Crippen LogP contribution in [-0.4, -0.2) is 39.2 Å². The molecule has 6 nitrogen and oxygen atoms in total. The van der Waals surface area contributed by atoms with Crippen LogP contribution in [-0.2, 0) is 15.6 Å². The number of nitrogens with one attached hydrogen (secondary N) is 2. The predicted octanol–water partition coefficient (Wildman–Crippen LogP) is 1.01. The van der Waals surface area contributed by atoms with E-state index in [0.717, 1.165) is 6.08 Å². The lowest BCUT2D eigenvalue weighted by molar-refractivity contribution is -0.111. The van der Waals surface area contributed by atoms with E-state index >= 15 is 0 Å². The SMILES string of the molecule is C=CC(=O)Nc1ccc(O)c(C(=O)NC(C)CS(C)=O)c1. The van der Waals surface area contributed by atoms with Crippen molar-refractivity contribution in [2.45, 2.75) is 13.0 Å². The van der Waals surface area contributed by atoms with Gasteiger partial charge in [-0.2, -0.15) is 0 Å². The third kappa shape index (κ3) is 5.39. The first kappa shape index (κ1) is 16.9. The second-order valence-electron chi connectivity index (χ2n) is 4.54. The Hall–Kier alpha value is -2.15. The Morgan fingerprint density at radius 3 is 2.71 bits per heavy atom. The van der Waals surface area contributed by atoms with Crippen LogP contribution in [0, 0.1) is 0 Å². The van der Waals surface area contributed by atoms with Gasteiger partial charge in [0.1, 0.15) is 5.75 Å². The summed E-state index contributed by atoms with van der Waals surface area (Å²) in [6.45, 7) is 5.05. The van der Waals surface area contributed by atoms with E-state index in [9.17, 15) is 18.9 Å². The molecule has 0 bridgehead atoms. The van der Waals surface area contributed by atoms with E-state index in [1.807, 2.05) is 0 Å². The van der Waals surface area contributed by atoms with Crippen LogP contribution in [0.15, 0.2) is 30.9 Å². The second kappa shape index (κ2) is 7.58. The van der Waals surface area contributed by atoms with Gasteiger partial charge in [-0.1, -0.05) is 6.58 Å². The molecule has 0 saturated carbocycles. The Morgan fingerprint density at radius 2 is 2.14 bits per heavy atom. The average Bonchev–Trinajstić information content (AvgIpc) is 2.39. The highest BCUT2D eigenvalue weighted by molar-refractivity contribution is 7.84. The van der Waals surface area contributed by atoms with Gasteiger partial charge in [0.25, 0.3) is 5.91 Å². The summed E-state index contributed by atoms with van der Waals surface area (Å²) in [7, 11) is -1.03. The predicted molar refractivity (Wildman–Crippen MR) is 82.8 cm³/mol. The van der Waals surface area contributed by atoms with E-state index in [1.54, 1.807) is 13.2 Å². The van der Waals surface area contributed by atoms with Gasteiger partial charge in [-0.15, -0.1) is 0 Å². The van der Waals surface area contributed by atoms with E-state index in [0.29, 0.717) is 11.4 Å². The molecule has 0 saturated heterocycles. The Labute approximate surface area is 125 Å². The number of benzene rings is 1. The molecule has 114 valence electrons. The van der Waals surface area contributed by atoms with Gasteiger partial charge in [0.05, 0.1) is 5.56 Å². The summed E-state index contributed by atoms with van der Waals surface area (Å²) in [5.41, 5.74) is 0.403. The van der Waals surface area contributed by atoms with Gasteiger partial charge < -0.3 is 15.7 Å². The quantitative estimate of drug-likeness (QED) is 0.540. The maximum absolute atomic E-state index is 12.1. The van der Waals surface area contributed by atoms with Crippen LogP contribution in [0.1, 0.15) is 17.3 Å². The van der Waals surface area contributed by atoms with E-state index < -0.39 is 22.6 Å². The smallest absolute Gasteiger partial charge is 0.255 e. The van der Waals surface area contributed by atoms with Crippen molar-refractivity contribution < 1.29 is 18.9 Å². The maximum atomic E-state index is 12.1. The van der Waals surface area contributed by atoms with E-state index in [4.69, 9.17) is 0 Å². The lowest BCUT2D eigenvalue weighted by atomic mass is 10.1. The van der Waals surface area contributed by atoms with Gasteiger partial charge in [-0.25, -0.2) is 0 Å². The lowest BCUT2D eigenvalue weighted by Gasteiger charge is -2.14. The van der Waals surface area contributed by atoms with Crippen molar-refractivity contribution in [2.75, 3.05) is 17.3 Å². The molecule has 2 atom stereocenters. The van der Waals surface area contributed by atoms with Crippen molar-refractivity contribution in [3.8, 4) is 5.75 Å². The fourth-order valence-electron chi connectivity index (χ4n) is 1.68. The Morgan fingerprint density at radius 1 is 1.48 bits per heavy atom.